The summed E-state index contributed by atoms with van der Waals surface area (Å²) in [7, 11) is 0. The molecule has 0 amide bonds. The second kappa shape index (κ2) is 5.93. The van der Waals surface area contributed by atoms with Crippen LogP contribution in [0.25, 0.3) is 11.4 Å². The van der Waals surface area contributed by atoms with Crippen LogP contribution in [-0.2, 0) is 11.3 Å². The van der Waals surface area contributed by atoms with E-state index in [1.807, 2.05) is 48.7 Å². The van der Waals surface area contributed by atoms with Crippen LogP contribution in [0.15, 0.2) is 30.3 Å². The maximum atomic E-state index is 5.55. The molecule has 1 heterocycles. The lowest BCUT2D eigenvalue weighted by molar-refractivity contribution is 0.0727. The first kappa shape index (κ1) is 13.0. The highest BCUT2D eigenvalue weighted by Gasteiger charge is 2.08. The Kier molecular flexibility index (Phi) is 4.28. The van der Waals surface area contributed by atoms with Gasteiger partial charge in [0.15, 0.2) is 10.6 Å². The largest absolute Gasteiger partial charge is 0.377 e. The fourth-order valence-corrected chi connectivity index (χ4v) is 1.94. The minimum Gasteiger partial charge on any atom is -0.377 e. The van der Waals surface area contributed by atoms with E-state index in [9.17, 15) is 0 Å². The van der Waals surface area contributed by atoms with Crippen molar-refractivity contribution in [2.75, 3.05) is 6.61 Å². The van der Waals surface area contributed by atoms with Crippen LogP contribution in [0.3, 0.4) is 0 Å². The molecule has 0 bridgehead atoms. The summed E-state index contributed by atoms with van der Waals surface area (Å²) in [6, 6.07) is 10.00. The number of hydrogen-bond acceptors (Lipinski definition) is 3. The summed E-state index contributed by atoms with van der Waals surface area (Å²) >= 11 is 5.24. The fourth-order valence-electron chi connectivity index (χ4n) is 1.71. The molecule has 0 spiro atoms. The van der Waals surface area contributed by atoms with E-state index in [2.05, 4.69) is 10.2 Å². The molecule has 0 aliphatic carbocycles. The Balaban J connectivity index is 2.20. The lowest BCUT2D eigenvalue weighted by atomic mass is 10.2. The average Bonchev–Trinajstić information content (AvgIpc) is 2.72. The summed E-state index contributed by atoms with van der Waals surface area (Å²) in [6.07, 6.45) is 0.228. The Bertz CT molecular complexity index is 545. The van der Waals surface area contributed by atoms with Crippen molar-refractivity contribution in [3.63, 3.8) is 0 Å². The number of nitrogens with zero attached hydrogens (tertiary/aromatic N) is 2. The van der Waals surface area contributed by atoms with Crippen LogP contribution >= 0.6 is 12.2 Å². The summed E-state index contributed by atoms with van der Waals surface area (Å²) in [5.41, 5.74) is 1.05. The fraction of sp³-hybridized carbons (Fsp3) is 0.385. The summed E-state index contributed by atoms with van der Waals surface area (Å²) in [5, 5.41) is 7.11. The third-order valence-electron chi connectivity index (χ3n) is 2.56. The number of rotatable bonds is 5. The average molecular weight is 263 g/mol. The Labute approximate surface area is 112 Å². The third kappa shape index (κ3) is 3.05. The highest BCUT2D eigenvalue weighted by atomic mass is 32.1. The maximum absolute atomic E-state index is 5.55. The molecule has 96 valence electrons. The molecule has 0 radical (unpaired) electrons. The minimum absolute atomic E-state index is 0.228. The van der Waals surface area contributed by atoms with E-state index in [-0.39, 0.29) is 6.10 Å². The topological polar surface area (TPSA) is 42.8 Å². The molecule has 0 aliphatic rings. The van der Waals surface area contributed by atoms with Gasteiger partial charge < -0.3 is 4.74 Å². The van der Waals surface area contributed by atoms with E-state index in [1.54, 1.807) is 0 Å². The van der Waals surface area contributed by atoms with Crippen molar-refractivity contribution in [3.8, 4) is 11.4 Å². The van der Waals surface area contributed by atoms with Gasteiger partial charge >= 0.3 is 0 Å². The summed E-state index contributed by atoms with van der Waals surface area (Å²) < 4.78 is 8.14. The molecule has 18 heavy (non-hydrogen) atoms. The van der Waals surface area contributed by atoms with Crippen LogP contribution < -0.4 is 0 Å². The number of H-pyrrole nitrogens is 1. The van der Waals surface area contributed by atoms with Gasteiger partial charge in [-0.15, -0.1) is 0 Å². The van der Waals surface area contributed by atoms with E-state index in [0.29, 0.717) is 17.9 Å². The molecule has 0 atom stereocenters. The van der Waals surface area contributed by atoms with Gasteiger partial charge in [-0.25, -0.2) is 0 Å². The maximum Gasteiger partial charge on any atom is 0.195 e. The second-order valence-corrected chi connectivity index (χ2v) is 4.68. The van der Waals surface area contributed by atoms with Crippen molar-refractivity contribution in [1.29, 1.82) is 0 Å². The van der Waals surface area contributed by atoms with Gasteiger partial charge in [0.2, 0.25) is 0 Å². The molecule has 2 rings (SSSR count). The van der Waals surface area contributed by atoms with Gasteiger partial charge in [-0.2, -0.15) is 5.10 Å². The molecular weight excluding hydrogens is 246 g/mol. The quantitative estimate of drug-likeness (QED) is 0.843. The van der Waals surface area contributed by atoms with Crippen molar-refractivity contribution in [2.24, 2.45) is 0 Å². The van der Waals surface area contributed by atoms with Crippen LogP contribution in [0.2, 0.25) is 0 Å². The summed E-state index contributed by atoms with van der Waals surface area (Å²) in [4.78, 5) is 0. The van der Waals surface area contributed by atoms with Crippen molar-refractivity contribution >= 4 is 12.2 Å². The number of nitrogens with one attached hydrogen (secondary N) is 1. The van der Waals surface area contributed by atoms with Crippen LogP contribution in [0.5, 0.6) is 0 Å². The Morgan fingerprint density at radius 3 is 2.72 bits per heavy atom. The van der Waals surface area contributed by atoms with Crippen molar-refractivity contribution < 1.29 is 4.74 Å². The zero-order valence-corrected chi connectivity index (χ0v) is 11.4. The molecule has 1 aromatic heterocycles. The number of aromatic nitrogens is 3. The second-order valence-electron chi connectivity index (χ2n) is 4.29. The van der Waals surface area contributed by atoms with E-state index >= 15 is 0 Å². The van der Waals surface area contributed by atoms with Crippen LogP contribution in [0, 0.1) is 4.77 Å². The third-order valence-corrected chi connectivity index (χ3v) is 2.87. The Morgan fingerprint density at radius 2 is 2.06 bits per heavy atom. The highest BCUT2D eigenvalue weighted by molar-refractivity contribution is 7.71. The number of hydrogen-bond donors (Lipinski definition) is 1. The lowest BCUT2D eigenvalue weighted by Gasteiger charge is -2.09. The van der Waals surface area contributed by atoms with Gasteiger partial charge in [0.1, 0.15) is 0 Å². The molecular formula is C13H17N3OS. The predicted octanol–water partition coefficient (Wildman–Crippen LogP) is 3.03. The van der Waals surface area contributed by atoms with Crippen molar-refractivity contribution in [2.45, 2.75) is 26.5 Å². The van der Waals surface area contributed by atoms with Gasteiger partial charge in [-0.05, 0) is 26.1 Å². The normalized spacial score (nSPS) is 11.1. The summed E-state index contributed by atoms with van der Waals surface area (Å²) in [6.45, 7) is 5.38. The zero-order chi connectivity index (χ0) is 13.0. The first-order valence-corrected chi connectivity index (χ1v) is 6.41. The number of ether oxygens (including phenoxy) is 1. The monoisotopic (exact) mass is 263 g/mol. The van der Waals surface area contributed by atoms with Gasteiger partial charge in [-0.3, -0.25) is 9.67 Å². The van der Waals surface area contributed by atoms with Crippen molar-refractivity contribution in [1.82, 2.24) is 14.8 Å². The summed E-state index contributed by atoms with van der Waals surface area (Å²) in [5.74, 6) is 0.855. The SMILES string of the molecule is CC(C)OCCn1c(-c2ccccc2)n[nH]c1=S. The molecule has 1 N–H and O–H groups in total. The van der Waals surface area contributed by atoms with Crippen LogP contribution in [-0.4, -0.2) is 27.5 Å². The molecule has 1 aromatic carbocycles. The number of aromatic amines is 1. The Hall–Kier alpha value is -1.46. The molecule has 2 aromatic rings. The van der Waals surface area contributed by atoms with Gasteiger partial charge in [0, 0.05) is 5.56 Å². The van der Waals surface area contributed by atoms with E-state index in [1.165, 1.54) is 0 Å². The van der Waals surface area contributed by atoms with Crippen molar-refractivity contribution in [3.05, 3.63) is 35.1 Å². The van der Waals surface area contributed by atoms with E-state index in [4.69, 9.17) is 17.0 Å². The van der Waals surface area contributed by atoms with E-state index in [0.717, 1.165) is 11.4 Å². The lowest BCUT2D eigenvalue weighted by Crippen LogP contribution is -2.11. The Morgan fingerprint density at radius 1 is 1.33 bits per heavy atom. The standard InChI is InChI=1S/C13H17N3OS/c1-10(2)17-9-8-16-12(14-15-13(16)18)11-6-4-3-5-7-11/h3-7,10H,8-9H2,1-2H3,(H,15,18). The molecule has 5 heteroatoms. The smallest absolute Gasteiger partial charge is 0.195 e. The van der Waals surface area contributed by atoms with Gasteiger partial charge in [0.05, 0.1) is 19.3 Å². The highest BCUT2D eigenvalue weighted by Crippen LogP contribution is 2.16. The molecule has 0 aliphatic heterocycles. The molecule has 0 saturated heterocycles. The molecule has 0 saturated carbocycles. The number of benzene rings is 1. The zero-order valence-electron chi connectivity index (χ0n) is 10.6. The molecule has 0 unspecified atom stereocenters. The molecule has 4 nitrogen and oxygen atoms in total. The van der Waals surface area contributed by atoms with Crippen LogP contribution in [0.1, 0.15) is 13.8 Å². The van der Waals surface area contributed by atoms with Gasteiger partial charge in [0.25, 0.3) is 0 Å². The predicted molar refractivity (Wildman–Crippen MR) is 73.9 cm³/mol. The first-order valence-electron chi connectivity index (χ1n) is 6.00. The van der Waals surface area contributed by atoms with Crippen LogP contribution in [0.4, 0.5) is 0 Å². The minimum atomic E-state index is 0.228. The molecule has 0 fully saturated rings. The first-order chi connectivity index (χ1) is 8.68. The van der Waals surface area contributed by atoms with E-state index < -0.39 is 0 Å². The van der Waals surface area contributed by atoms with Gasteiger partial charge in [-0.1, -0.05) is 30.3 Å².